The summed E-state index contributed by atoms with van der Waals surface area (Å²) in [5.74, 6) is 2.53. The minimum atomic E-state index is 0.264. The van der Waals surface area contributed by atoms with Crippen molar-refractivity contribution < 1.29 is 0 Å². The summed E-state index contributed by atoms with van der Waals surface area (Å²) in [6.45, 7) is 4.70. The molecule has 0 aromatic carbocycles. The fourth-order valence-electron chi connectivity index (χ4n) is 1.61. The molecule has 72 valence electrons. The molecule has 1 heterocycles. The molecule has 1 saturated carbocycles. The van der Waals surface area contributed by atoms with Crippen LogP contribution < -0.4 is 5.73 Å². The van der Waals surface area contributed by atoms with E-state index in [1.54, 1.807) is 0 Å². The number of rotatable bonds is 3. The Labute approximate surface area is 78.1 Å². The largest absolute Gasteiger partial charge is 0.326 e. The zero-order chi connectivity index (χ0) is 9.42. The number of aryl methyl sites for hydroxylation is 2. The molecule has 0 radical (unpaired) electrons. The smallest absolute Gasteiger partial charge is 0.147 e. The van der Waals surface area contributed by atoms with Gasteiger partial charge >= 0.3 is 0 Å². The molecular formula is C9H16N4. The van der Waals surface area contributed by atoms with E-state index < -0.39 is 0 Å². The summed E-state index contributed by atoms with van der Waals surface area (Å²) in [6, 6.07) is 0.264. The van der Waals surface area contributed by atoms with Gasteiger partial charge in [0, 0.05) is 6.04 Å². The van der Waals surface area contributed by atoms with E-state index in [1.165, 1.54) is 12.8 Å². The molecule has 4 heteroatoms. The van der Waals surface area contributed by atoms with Gasteiger partial charge in [-0.1, -0.05) is 0 Å². The summed E-state index contributed by atoms with van der Waals surface area (Å²) in [4.78, 5) is 4.24. The van der Waals surface area contributed by atoms with Crippen LogP contribution in [0.3, 0.4) is 0 Å². The predicted octanol–water partition coefficient (Wildman–Crippen LogP) is 0.632. The molecule has 0 aliphatic heterocycles. The number of nitrogens with zero attached hydrogens (tertiary/aromatic N) is 3. The highest BCUT2D eigenvalue weighted by molar-refractivity contribution is 4.91. The van der Waals surface area contributed by atoms with E-state index >= 15 is 0 Å². The normalized spacial score (nSPS) is 19.0. The molecule has 1 unspecified atom stereocenters. The standard InChI is InChI=1S/C9H16N4/c1-6-11-7(2)13(12-6)5-9(10)8-3-4-8/h8-9H,3-5,10H2,1-2H3. The number of hydrogen-bond acceptors (Lipinski definition) is 3. The van der Waals surface area contributed by atoms with Gasteiger partial charge in [0.15, 0.2) is 0 Å². The van der Waals surface area contributed by atoms with Gasteiger partial charge in [-0.05, 0) is 32.6 Å². The molecule has 1 aliphatic rings. The average Bonchev–Trinajstić information content (AvgIpc) is 2.81. The van der Waals surface area contributed by atoms with Gasteiger partial charge in [0.2, 0.25) is 0 Å². The number of aromatic nitrogens is 3. The highest BCUT2D eigenvalue weighted by atomic mass is 15.3. The Kier molecular flexibility index (Phi) is 2.07. The molecule has 4 nitrogen and oxygen atoms in total. The van der Waals surface area contributed by atoms with Gasteiger partial charge in [-0.2, -0.15) is 5.10 Å². The second-order valence-corrected chi connectivity index (χ2v) is 3.89. The fraction of sp³-hybridized carbons (Fsp3) is 0.778. The van der Waals surface area contributed by atoms with Crippen LogP contribution in [0.4, 0.5) is 0 Å². The van der Waals surface area contributed by atoms with Crippen LogP contribution in [-0.2, 0) is 6.54 Å². The lowest BCUT2D eigenvalue weighted by Crippen LogP contribution is -2.29. The first kappa shape index (κ1) is 8.69. The summed E-state index contributed by atoms with van der Waals surface area (Å²) in [5, 5.41) is 4.29. The van der Waals surface area contributed by atoms with E-state index in [0.29, 0.717) is 0 Å². The molecule has 0 spiro atoms. The molecule has 0 bridgehead atoms. The third kappa shape index (κ3) is 1.88. The maximum absolute atomic E-state index is 6.00. The van der Waals surface area contributed by atoms with Crippen LogP contribution in [0, 0.1) is 19.8 Å². The minimum Gasteiger partial charge on any atom is -0.326 e. The van der Waals surface area contributed by atoms with Crippen LogP contribution in [0.15, 0.2) is 0 Å². The van der Waals surface area contributed by atoms with E-state index in [1.807, 2.05) is 18.5 Å². The maximum Gasteiger partial charge on any atom is 0.147 e. The SMILES string of the molecule is Cc1nc(C)n(CC(N)C2CC2)n1. The van der Waals surface area contributed by atoms with Gasteiger partial charge in [0.25, 0.3) is 0 Å². The fourth-order valence-corrected chi connectivity index (χ4v) is 1.61. The first-order chi connectivity index (χ1) is 6.16. The monoisotopic (exact) mass is 180 g/mol. The van der Waals surface area contributed by atoms with E-state index in [4.69, 9.17) is 5.73 Å². The molecule has 2 N–H and O–H groups in total. The Bertz CT molecular complexity index is 301. The van der Waals surface area contributed by atoms with Crippen molar-refractivity contribution in [1.29, 1.82) is 0 Å². The van der Waals surface area contributed by atoms with Gasteiger partial charge in [0.05, 0.1) is 6.54 Å². The highest BCUT2D eigenvalue weighted by Gasteiger charge is 2.29. The lowest BCUT2D eigenvalue weighted by molar-refractivity contribution is 0.461. The maximum atomic E-state index is 6.00. The van der Waals surface area contributed by atoms with Crippen LogP contribution in [0.5, 0.6) is 0 Å². The third-order valence-corrected chi connectivity index (χ3v) is 2.57. The molecule has 1 atom stereocenters. The van der Waals surface area contributed by atoms with Gasteiger partial charge in [-0.25, -0.2) is 9.67 Å². The van der Waals surface area contributed by atoms with Crippen LogP contribution >= 0.6 is 0 Å². The highest BCUT2D eigenvalue weighted by Crippen LogP contribution is 2.32. The Morgan fingerprint density at radius 1 is 1.54 bits per heavy atom. The van der Waals surface area contributed by atoms with Crippen LogP contribution in [0.1, 0.15) is 24.5 Å². The van der Waals surface area contributed by atoms with Crippen molar-refractivity contribution in [2.45, 2.75) is 39.3 Å². The van der Waals surface area contributed by atoms with Gasteiger partial charge < -0.3 is 5.73 Å². The lowest BCUT2D eigenvalue weighted by Gasteiger charge is -2.10. The Hall–Kier alpha value is -0.900. The second-order valence-electron chi connectivity index (χ2n) is 3.89. The van der Waals surface area contributed by atoms with Gasteiger partial charge in [-0.3, -0.25) is 0 Å². The van der Waals surface area contributed by atoms with Crippen LogP contribution in [0.2, 0.25) is 0 Å². The van der Waals surface area contributed by atoms with E-state index in [-0.39, 0.29) is 6.04 Å². The van der Waals surface area contributed by atoms with Crippen molar-refractivity contribution in [3.05, 3.63) is 11.6 Å². The van der Waals surface area contributed by atoms with Crippen molar-refractivity contribution in [2.24, 2.45) is 11.7 Å². The zero-order valence-corrected chi connectivity index (χ0v) is 8.20. The predicted molar refractivity (Wildman–Crippen MR) is 50.2 cm³/mol. The van der Waals surface area contributed by atoms with Crippen LogP contribution in [-0.4, -0.2) is 20.8 Å². The Morgan fingerprint density at radius 2 is 2.23 bits per heavy atom. The van der Waals surface area contributed by atoms with E-state index in [2.05, 4.69) is 10.1 Å². The minimum absolute atomic E-state index is 0.264. The lowest BCUT2D eigenvalue weighted by atomic mass is 10.2. The third-order valence-electron chi connectivity index (χ3n) is 2.57. The van der Waals surface area contributed by atoms with Crippen molar-refractivity contribution in [3.63, 3.8) is 0 Å². The van der Waals surface area contributed by atoms with Gasteiger partial charge in [0.1, 0.15) is 11.6 Å². The number of nitrogens with two attached hydrogens (primary N) is 1. The molecule has 0 saturated heterocycles. The number of hydrogen-bond donors (Lipinski definition) is 1. The summed E-state index contributed by atoms with van der Waals surface area (Å²) >= 11 is 0. The molecule has 0 amide bonds. The zero-order valence-electron chi connectivity index (χ0n) is 8.20. The first-order valence-corrected chi connectivity index (χ1v) is 4.80. The van der Waals surface area contributed by atoms with E-state index in [0.717, 1.165) is 24.1 Å². The Balaban J connectivity index is 2.03. The molecule has 1 fully saturated rings. The van der Waals surface area contributed by atoms with Crippen molar-refractivity contribution >= 4 is 0 Å². The molecule has 1 aromatic heterocycles. The summed E-state index contributed by atoms with van der Waals surface area (Å²) < 4.78 is 1.92. The summed E-state index contributed by atoms with van der Waals surface area (Å²) in [6.07, 6.45) is 2.57. The quantitative estimate of drug-likeness (QED) is 0.742. The molecule has 1 aliphatic carbocycles. The summed E-state index contributed by atoms with van der Waals surface area (Å²) in [5.41, 5.74) is 6.00. The van der Waals surface area contributed by atoms with Crippen molar-refractivity contribution in [1.82, 2.24) is 14.8 Å². The molecular weight excluding hydrogens is 164 g/mol. The second kappa shape index (κ2) is 3.10. The van der Waals surface area contributed by atoms with Crippen molar-refractivity contribution in [2.75, 3.05) is 0 Å². The molecule has 2 rings (SSSR count). The first-order valence-electron chi connectivity index (χ1n) is 4.80. The van der Waals surface area contributed by atoms with Crippen molar-refractivity contribution in [3.8, 4) is 0 Å². The average molecular weight is 180 g/mol. The topological polar surface area (TPSA) is 56.7 Å². The van der Waals surface area contributed by atoms with Gasteiger partial charge in [-0.15, -0.1) is 0 Å². The Morgan fingerprint density at radius 3 is 2.69 bits per heavy atom. The molecule has 13 heavy (non-hydrogen) atoms. The van der Waals surface area contributed by atoms with Crippen LogP contribution in [0.25, 0.3) is 0 Å². The van der Waals surface area contributed by atoms with E-state index in [9.17, 15) is 0 Å². The molecule has 1 aromatic rings. The summed E-state index contributed by atoms with van der Waals surface area (Å²) in [7, 11) is 0.